The van der Waals surface area contributed by atoms with E-state index in [0.717, 1.165) is 5.56 Å². The van der Waals surface area contributed by atoms with Gasteiger partial charge in [-0.2, -0.15) is 0 Å². The van der Waals surface area contributed by atoms with Crippen LogP contribution in [0.2, 0.25) is 10.2 Å². The zero-order valence-electron chi connectivity index (χ0n) is 10.5. The van der Waals surface area contributed by atoms with Crippen LogP contribution in [0.5, 0.6) is 0 Å². The average molecular weight is 307 g/mol. The molecule has 20 heavy (non-hydrogen) atoms. The topological polar surface area (TPSA) is 25.8 Å². The molecule has 0 atom stereocenters. The Morgan fingerprint density at radius 1 is 1.00 bits per heavy atom. The van der Waals surface area contributed by atoms with Gasteiger partial charge in [0.15, 0.2) is 5.82 Å². The fourth-order valence-electron chi connectivity index (χ4n) is 2.04. The molecule has 2 aromatic carbocycles. The van der Waals surface area contributed by atoms with Gasteiger partial charge in [-0.05, 0) is 30.7 Å². The van der Waals surface area contributed by atoms with Gasteiger partial charge >= 0.3 is 0 Å². The molecule has 0 unspecified atom stereocenters. The van der Waals surface area contributed by atoms with Gasteiger partial charge in [0.05, 0.1) is 15.9 Å². The number of halogens is 3. The Morgan fingerprint density at radius 2 is 1.75 bits per heavy atom. The Kier molecular flexibility index (Phi) is 3.32. The van der Waals surface area contributed by atoms with E-state index in [2.05, 4.69) is 9.97 Å². The summed E-state index contributed by atoms with van der Waals surface area (Å²) in [6.07, 6.45) is 0. The minimum Gasteiger partial charge on any atom is -0.228 e. The smallest absolute Gasteiger partial charge is 0.163 e. The highest BCUT2D eigenvalue weighted by atomic mass is 35.5. The highest BCUT2D eigenvalue weighted by Gasteiger charge is 2.13. The molecule has 0 aliphatic rings. The summed E-state index contributed by atoms with van der Waals surface area (Å²) in [5, 5.41) is 0.877. The van der Waals surface area contributed by atoms with Crippen LogP contribution in [0.3, 0.4) is 0 Å². The summed E-state index contributed by atoms with van der Waals surface area (Å²) in [5.74, 6) is -0.0452. The van der Waals surface area contributed by atoms with E-state index in [1.54, 1.807) is 12.1 Å². The third-order valence-electron chi connectivity index (χ3n) is 3.06. The van der Waals surface area contributed by atoms with E-state index in [1.165, 1.54) is 6.07 Å². The van der Waals surface area contributed by atoms with Crippen LogP contribution < -0.4 is 0 Å². The Labute approximate surface area is 125 Å². The molecule has 0 amide bonds. The van der Waals surface area contributed by atoms with Crippen LogP contribution >= 0.6 is 23.2 Å². The standard InChI is InChI=1S/C15H9Cl2FN2/c1-8-4-2-5-9(13(8)16)15-19-11-7-3-6-10(18)12(11)14(17)20-15/h2-7H,1H3. The molecule has 0 fully saturated rings. The first-order chi connectivity index (χ1) is 9.58. The summed E-state index contributed by atoms with van der Waals surface area (Å²) in [4.78, 5) is 8.51. The third kappa shape index (κ3) is 2.13. The number of aromatic nitrogens is 2. The van der Waals surface area contributed by atoms with Gasteiger partial charge in [-0.15, -0.1) is 0 Å². The largest absolute Gasteiger partial charge is 0.228 e. The van der Waals surface area contributed by atoms with Crippen molar-refractivity contribution < 1.29 is 4.39 Å². The number of fused-ring (bicyclic) bond motifs is 1. The van der Waals surface area contributed by atoms with Crippen molar-refractivity contribution in [3.05, 3.63) is 58.0 Å². The summed E-state index contributed by atoms with van der Waals surface area (Å²) < 4.78 is 13.7. The van der Waals surface area contributed by atoms with Crippen LogP contribution in [0.1, 0.15) is 5.56 Å². The van der Waals surface area contributed by atoms with E-state index in [9.17, 15) is 4.39 Å². The maximum atomic E-state index is 13.7. The molecule has 2 nitrogen and oxygen atoms in total. The van der Waals surface area contributed by atoms with Gasteiger partial charge in [-0.1, -0.05) is 41.4 Å². The van der Waals surface area contributed by atoms with Gasteiger partial charge in [-0.3, -0.25) is 0 Å². The monoisotopic (exact) mass is 306 g/mol. The summed E-state index contributed by atoms with van der Waals surface area (Å²) in [6, 6.07) is 10.2. The first-order valence-corrected chi connectivity index (χ1v) is 6.71. The molecule has 0 saturated carbocycles. The number of benzene rings is 2. The molecule has 1 aromatic heterocycles. The van der Waals surface area contributed by atoms with Gasteiger partial charge < -0.3 is 0 Å². The second-order valence-corrected chi connectivity index (χ2v) is 5.14. The predicted octanol–water partition coefficient (Wildman–Crippen LogP) is 5.05. The molecule has 1 heterocycles. The summed E-state index contributed by atoms with van der Waals surface area (Å²) in [7, 11) is 0. The minimum atomic E-state index is -0.436. The molecule has 0 radical (unpaired) electrons. The second kappa shape index (κ2) is 5.00. The van der Waals surface area contributed by atoms with Crippen LogP contribution in [0.15, 0.2) is 36.4 Å². The Bertz CT molecular complexity index is 818. The molecule has 0 saturated heterocycles. The lowest BCUT2D eigenvalue weighted by Gasteiger charge is -2.08. The van der Waals surface area contributed by atoms with Crippen molar-refractivity contribution in [1.29, 1.82) is 0 Å². The maximum absolute atomic E-state index is 13.7. The maximum Gasteiger partial charge on any atom is 0.163 e. The predicted molar refractivity (Wildman–Crippen MR) is 79.7 cm³/mol. The van der Waals surface area contributed by atoms with Crippen LogP contribution in [-0.4, -0.2) is 9.97 Å². The summed E-state index contributed by atoms with van der Waals surface area (Å²) in [6.45, 7) is 1.90. The highest BCUT2D eigenvalue weighted by molar-refractivity contribution is 6.35. The molecule has 0 bridgehead atoms. The Hall–Kier alpha value is -1.71. The lowest BCUT2D eigenvalue weighted by Crippen LogP contribution is -1.95. The Morgan fingerprint density at radius 3 is 2.55 bits per heavy atom. The van der Waals surface area contributed by atoms with E-state index in [0.29, 0.717) is 21.9 Å². The van der Waals surface area contributed by atoms with E-state index in [1.807, 2.05) is 25.1 Å². The molecule has 3 aromatic rings. The van der Waals surface area contributed by atoms with Gasteiger partial charge in [0.1, 0.15) is 11.0 Å². The zero-order chi connectivity index (χ0) is 14.3. The normalized spacial score (nSPS) is 11.0. The quantitative estimate of drug-likeness (QED) is 0.588. The van der Waals surface area contributed by atoms with Gasteiger partial charge in [0, 0.05) is 5.56 Å². The number of hydrogen-bond acceptors (Lipinski definition) is 2. The SMILES string of the molecule is Cc1cccc(-c2nc(Cl)c3c(F)cccc3n2)c1Cl. The van der Waals surface area contributed by atoms with Crippen LogP contribution in [0.4, 0.5) is 4.39 Å². The van der Waals surface area contributed by atoms with Crippen molar-refractivity contribution in [2.45, 2.75) is 6.92 Å². The van der Waals surface area contributed by atoms with E-state index < -0.39 is 5.82 Å². The lowest BCUT2D eigenvalue weighted by molar-refractivity contribution is 0.639. The number of nitrogens with zero attached hydrogens (tertiary/aromatic N) is 2. The number of hydrogen-bond donors (Lipinski definition) is 0. The fourth-order valence-corrected chi connectivity index (χ4v) is 2.52. The first-order valence-electron chi connectivity index (χ1n) is 5.95. The molecule has 0 aliphatic heterocycles. The van der Waals surface area contributed by atoms with Gasteiger partial charge in [0.25, 0.3) is 0 Å². The third-order valence-corrected chi connectivity index (χ3v) is 3.84. The molecule has 3 rings (SSSR count). The number of rotatable bonds is 1. The molecule has 5 heteroatoms. The molecular formula is C15H9Cl2FN2. The van der Waals surface area contributed by atoms with Gasteiger partial charge in [0.2, 0.25) is 0 Å². The van der Waals surface area contributed by atoms with Crippen LogP contribution in [0.25, 0.3) is 22.3 Å². The highest BCUT2D eigenvalue weighted by Crippen LogP contribution is 2.31. The van der Waals surface area contributed by atoms with Crippen molar-refractivity contribution in [3.8, 4) is 11.4 Å². The van der Waals surface area contributed by atoms with E-state index >= 15 is 0 Å². The molecule has 0 aliphatic carbocycles. The van der Waals surface area contributed by atoms with Gasteiger partial charge in [-0.25, -0.2) is 14.4 Å². The van der Waals surface area contributed by atoms with E-state index in [-0.39, 0.29) is 10.5 Å². The van der Waals surface area contributed by atoms with Crippen molar-refractivity contribution in [1.82, 2.24) is 9.97 Å². The fraction of sp³-hybridized carbons (Fsp3) is 0.0667. The zero-order valence-corrected chi connectivity index (χ0v) is 12.0. The number of aryl methyl sites for hydroxylation is 1. The summed E-state index contributed by atoms with van der Waals surface area (Å²) in [5.41, 5.74) is 2.06. The van der Waals surface area contributed by atoms with Crippen molar-refractivity contribution >= 4 is 34.1 Å². The molecular weight excluding hydrogens is 298 g/mol. The van der Waals surface area contributed by atoms with E-state index in [4.69, 9.17) is 23.2 Å². The van der Waals surface area contributed by atoms with Crippen molar-refractivity contribution in [3.63, 3.8) is 0 Å². The van der Waals surface area contributed by atoms with Crippen molar-refractivity contribution in [2.75, 3.05) is 0 Å². The lowest BCUT2D eigenvalue weighted by atomic mass is 10.1. The molecule has 0 N–H and O–H groups in total. The Balaban J connectivity index is 2.31. The minimum absolute atomic E-state index is 0.0840. The average Bonchev–Trinajstić information content (AvgIpc) is 2.41. The molecule has 0 spiro atoms. The summed E-state index contributed by atoms with van der Waals surface area (Å²) >= 11 is 12.3. The second-order valence-electron chi connectivity index (χ2n) is 4.41. The van der Waals surface area contributed by atoms with Crippen LogP contribution in [-0.2, 0) is 0 Å². The molecule has 100 valence electrons. The first kappa shape index (κ1) is 13.3. The van der Waals surface area contributed by atoms with Crippen LogP contribution in [0, 0.1) is 12.7 Å². The van der Waals surface area contributed by atoms with Crippen molar-refractivity contribution in [2.24, 2.45) is 0 Å².